The third-order valence-electron chi connectivity index (χ3n) is 5.14. The predicted octanol–water partition coefficient (Wildman–Crippen LogP) is 4.21. The number of benzene rings is 1. The van der Waals surface area contributed by atoms with Crippen molar-refractivity contribution in [3.05, 3.63) is 40.4 Å². The van der Waals surface area contributed by atoms with Gasteiger partial charge in [-0.3, -0.25) is 9.59 Å². The molecule has 1 aliphatic rings. The summed E-state index contributed by atoms with van der Waals surface area (Å²) in [7, 11) is 0. The lowest BCUT2D eigenvalue weighted by Gasteiger charge is -2.33. The van der Waals surface area contributed by atoms with Crippen LogP contribution in [0.4, 0.5) is 4.39 Å². The number of aliphatic carboxylic acids is 1. The Morgan fingerprint density at radius 2 is 2.04 bits per heavy atom. The van der Waals surface area contributed by atoms with Gasteiger partial charge in [0.05, 0.1) is 16.0 Å². The van der Waals surface area contributed by atoms with E-state index in [-0.39, 0.29) is 34.1 Å². The average Bonchev–Trinajstić information content (AvgIpc) is 3.01. The largest absolute Gasteiger partial charge is 0.481 e. The Kier molecular flexibility index (Phi) is 5.51. The van der Waals surface area contributed by atoms with E-state index in [0.717, 1.165) is 19.3 Å². The molecule has 1 saturated carbocycles. The van der Waals surface area contributed by atoms with Crippen molar-refractivity contribution in [3.8, 4) is 11.3 Å². The van der Waals surface area contributed by atoms with E-state index in [2.05, 4.69) is 10.5 Å². The van der Waals surface area contributed by atoms with Crippen LogP contribution in [0.25, 0.3) is 11.3 Å². The van der Waals surface area contributed by atoms with E-state index in [4.69, 9.17) is 16.1 Å². The van der Waals surface area contributed by atoms with Crippen LogP contribution in [0, 0.1) is 18.2 Å². The number of carboxylic acid groups (broad SMARTS) is 1. The Hall–Kier alpha value is -2.41. The first-order chi connectivity index (χ1) is 12.9. The fourth-order valence-electron chi connectivity index (χ4n) is 3.57. The molecule has 144 valence electrons. The molecule has 0 spiro atoms. The van der Waals surface area contributed by atoms with Crippen molar-refractivity contribution in [1.82, 2.24) is 10.5 Å². The van der Waals surface area contributed by atoms with Crippen molar-refractivity contribution in [2.45, 2.75) is 39.0 Å². The third kappa shape index (κ3) is 3.69. The minimum Gasteiger partial charge on any atom is -0.481 e. The molecule has 0 radical (unpaired) electrons. The molecular weight excluding hydrogens is 375 g/mol. The molecule has 27 heavy (non-hydrogen) atoms. The Bertz CT molecular complexity index is 854. The van der Waals surface area contributed by atoms with Gasteiger partial charge in [0, 0.05) is 6.54 Å². The van der Waals surface area contributed by atoms with Gasteiger partial charge in [-0.05, 0) is 31.9 Å². The molecule has 1 aromatic heterocycles. The van der Waals surface area contributed by atoms with Crippen molar-refractivity contribution >= 4 is 23.5 Å². The molecule has 0 unspecified atom stereocenters. The van der Waals surface area contributed by atoms with E-state index in [1.807, 2.05) is 0 Å². The molecule has 2 N–H and O–H groups in total. The summed E-state index contributed by atoms with van der Waals surface area (Å²) in [5, 5.41) is 16.2. The lowest BCUT2D eigenvalue weighted by Crippen LogP contribution is -2.44. The number of carbonyl (C=O) groups excluding carboxylic acids is 1. The Balaban J connectivity index is 1.88. The number of carboxylic acids is 1. The Morgan fingerprint density at radius 3 is 2.67 bits per heavy atom. The first-order valence-corrected chi connectivity index (χ1v) is 9.16. The summed E-state index contributed by atoms with van der Waals surface area (Å²) < 4.78 is 19.3. The van der Waals surface area contributed by atoms with E-state index in [1.54, 1.807) is 0 Å². The first kappa shape index (κ1) is 19.4. The maximum atomic E-state index is 14.3. The van der Waals surface area contributed by atoms with Crippen LogP contribution in [-0.4, -0.2) is 28.7 Å². The van der Waals surface area contributed by atoms with Crippen LogP contribution < -0.4 is 5.32 Å². The first-order valence-electron chi connectivity index (χ1n) is 8.78. The van der Waals surface area contributed by atoms with Gasteiger partial charge in [-0.1, -0.05) is 42.1 Å². The molecule has 0 atom stereocenters. The number of rotatable bonds is 5. The van der Waals surface area contributed by atoms with Crippen LogP contribution in [0.2, 0.25) is 5.02 Å². The second-order valence-corrected chi connectivity index (χ2v) is 7.30. The molecule has 1 amide bonds. The number of hydrogen-bond donors (Lipinski definition) is 2. The molecule has 8 heteroatoms. The molecule has 1 heterocycles. The fourth-order valence-corrected chi connectivity index (χ4v) is 3.82. The highest BCUT2D eigenvalue weighted by Gasteiger charge is 2.40. The molecule has 0 saturated heterocycles. The van der Waals surface area contributed by atoms with Gasteiger partial charge < -0.3 is 14.9 Å². The zero-order valence-electron chi connectivity index (χ0n) is 14.8. The van der Waals surface area contributed by atoms with Gasteiger partial charge in [0.15, 0.2) is 0 Å². The number of halogens is 2. The van der Waals surface area contributed by atoms with Gasteiger partial charge in [-0.2, -0.15) is 0 Å². The van der Waals surface area contributed by atoms with Gasteiger partial charge >= 0.3 is 5.97 Å². The van der Waals surface area contributed by atoms with Crippen LogP contribution in [0.3, 0.4) is 0 Å². The third-order valence-corrected chi connectivity index (χ3v) is 5.46. The number of aromatic nitrogens is 1. The maximum Gasteiger partial charge on any atom is 0.311 e. The minimum absolute atomic E-state index is 0.00104. The van der Waals surface area contributed by atoms with E-state index in [9.17, 15) is 19.1 Å². The minimum atomic E-state index is -0.977. The Labute approximate surface area is 160 Å². The summed E-state index contributed by atoms with van der Waals surface area (Å²) in [4.78, 5) is 24.6. The topological polar surface area (TPSA) is 92.4 Å². The van der Waals surface area contributed by atoms with Crippen LogP contribution in [0.15, 0.2) is 22.7 Å². The summed E-state index contributed by atoms with van der Waals surface area (Å²) in [6.07, 6.45) is 3.63. The summed E-state index contributed by atoms with van der Waals surface area (Å²) in [6.45, 7) is 1.53. The number of nitrogens with zero attached hydrogens (tertiary/aromatic N) is 1. The van der Waals surface area contributed by atoms with Gasteiger partial charge in [0.25, 0.3) is 5.91 Å². The molecule has 1 aromatic carbocycles. The smallest absolute Gasteiger partial charge is 0.311 e. The zero-order chi connectivity index (χ0) is 19.6. The summed E-state index contributed by atoms with van der Waals surface area (Å²) in [5.41, 5.74) is -0.944. The quantitative estimate of drug-likeness (QED) is 0.792. The lowest BCUT2D eigenvalue weighted by molar-refractivity contribution is -0.150. The number of hydrogen-bond acceptors (Lipinski definition) is 4. The van der Waals surface area contributed by atoms with E-state index < -0.39 is 23.1 Å². The molecule has 0 bridgehead atoms. The number of nitrogens with one attached hydrogen (secondary N) is 1. The molecule has 6 nitrogen and oxygen atoms in total. The highest BCUT2D eigenvalue weighted by atomic mass is 35.5. The Morgan fingerprint density at radius 1 is 1.33 bits per heavy atom. The fraction of sp³-hybridized carbons (Fsp3) is 0.421. The zero-order valence-corrected chi connectivity index (χ0v) is 15.6. The number of amides is 1. The summed E-state index contributed by atoms with van der Waals surface area (Å²) in [6, 6.07) is 4.16. The van der Waals surface area contributed by atoms with E-state index in [1.165, 1.54) is 25.1 Å². The number of carbonyl (C=O) groups is 2. The van der Waals surface area contributed by atoms with Crippen LogP contribution in [0.5, 0.6) is 0 Å². The lowest BCUT2D eigenvalue weighted by atomic mass is 9.74. The summed E-state index contributed by atoms with van der Waals surface area (Å²) >= 11 is 6.08. The summed E-state index contributed by atoms with van der Waals surface area (Å²) in [5.74, 6) is -1.90. The second-order valence-electron chi connectivity index (χ2n) is 6.89. The highest BCUT2D eigenvalue weighted by molar-refractivity contribution is 6.33. The van der Waals surface area contributed by atoms with Crippen molar-refractivity contribution in [3.63, 3.8) is 0 Å². The molecule has 3 rings (SSSR count). The molecule has 2 aromatic rings. The van der Waals surface area contributed by atoms with Gasteiger partial charge in [0.1, 0.15) is 22.8 Å². The van der Waals surface area contributed by atoms with Crippen molar-refractivity contribution < 1.29 is 23.6 Å². The van der Waals surface area contributed by atoms with Crippen LogP contribution >= 0.6 is 11.6 Å². The van der Waals surface area contributed by atoms with Crippen LogP contribution in [-0.2, 0) is 4.79 Å². The monoisotopic (exact) mass is 394 g/mol. The molecule has 0 aliphatic heterocycles. The standard InChI is InChI=1S/C19H20ClFN2O4/c1-11-14(16(23-27-11)15-12(20)6-5-7-13(15)21)17(24)22-10-19(18(25)26)8-3-2-4-9-19/h5-7H,2-4,8-10H2,1H3,(H,22,24)(H,25,26). The second kappa shape index (κ2) is 7.68. The molecule has 1 aliphatic carbocycles. The molecule has 1 fully saturated rings. The van der Waals surface area contributed by atoms with E-state index in [0.29, 0.717) is 12.8 Å². The maximum absolute atomic E-state index is 14.3. The van der Waals surface area contributed by atoms with Gasteiger partial charge in [-0.25, -0.2) is 4.39 Å². The van der Waals surface area contributed by atoms with Gasteiger partial charge in [-0.15, -0.1) is 0 Å². The molecular formula is C19H20ClFN2O4. The van der Waals surface area contributed by atoms with E-state index >= 15 is 0 Å². The normalized spacial score (nSPS) is 16.1. The highest BCUT2D eigenvalue weighted by Crippen LogP contribution is 2.37. The SMILES string of the molecule is Cc1onc(-c2c(F)cccc2Cl)c1C(=O)NCC1(C(=O)O)CCCCC1. The van der Waals surface area contributed by atoms with Crippen molar-refractivity contribution in [2.24, 2.45) is 5.41 Å². The van der Waals surface area contributed by atoms with Gasteiger partial charge in [0.2, 0.25) is 0 Å². The van der Waals surface area contributed by atoms with Crippen molar-refractivity contribution in [1.29, 1.82) is 0 Å². The van der Waals surface area contributed by atoms with Crippen molar-refractivity contribution in [2.75, 3.05) is 6.54 Å². The number of aryl methyl sites for hydroxylation is 1. The van der Waals surface area contributed by atoms with Crippen LogP contribution in [0.1, 0.15) is 48.2 Å². The average molecular weight is 395 g/mol. The predicted molar refractivity (Wildman–Crippen MR) is 97.1 cm³/mol.